The third-order valence-corrected chi connectivity index (χ3v) is 11.3. The molecule has 0 atom stereocenters. The zero-order valence-corrected chi connectivity index (χ0v) is 32.9. The first-order valence-electron chi connectivity index (χ1n) is 22.3. The van der Waals surface area contributed by atoms with Crippen LogP contribution >= 0.6 is 0 Å². The Hall–Kier alpha value is -1.76. The highest BCUT2D eigenvalue weighted by Crippen LogP contribution is 2.35. The maximum absolute atomic E-state index is 6.32. The van der Waals surface area contributed by atoms with Gasteiger partial charge in [0.05, 0.1) is 0 Å². The molecule has 1 heteroatoms. The molecule has 0 radical (unpaired) electrons. The average molecular weight is 673 g/mol. The van der Waals surface area contributed by atoms with E-state index in [4.69, 9.17) is 4.42 Å². The highest BCUT2D eigenvalue weighted by atomic mass is 16.3. The molecule has 0 aliphatic heterocycles. The number of para-hydroxylation sites is 1. The van der Waals surface area contributed by atoms with Gasteiger partial charge in [0.15, 0.2) is 0 Å². The molecule has 3 rings (SSSR count). The van der Waals surface area contributed by atoms with E-state index < -0.39 is 0 Å². The summed E-state index contributed by atoms with van der Waals surface area (Å²) < 4.78 is 6.32. The number of fused-ring (bicyclic) bond motifs is 3. The molecule has 0 saturated carbocycles. The molecule has 0 unspecified atom stereocenters. The molecule has 2 aromatic carbocycles. The first kappa shape index (κ1) is 41.7. The normalized spacial score (nSPS) is 11.8. The van der Waals surface area contributed by atoms with Crippen molar-refractivity contribution in [1.82, 2.24) is 0 Å². The topological polar surface area (TPSA) is 13.1 Å². The minimum absolute atomic E-state index is 1.05. The largest absolute Gasteiger partial charge is 0.456 e. The predicted molar refractivity (Wildman–Crippen MR) is 220 cm³/mol. The van der Waals surface area contributed by atoms with Crippen molar-refractivity contribution in [2.24, 2.45) is 0 Å². The molecule has 0 aliphatic carbocycles. The van der Waals surface area contributed by atoms with Crippen LogP contribution in [-0.2, 0) is 12.8 Å². The van der Waals surface area contributed by atoms with Gasteiger partial charge in [-0.15, -0.1) is 0 Å². The van der Waals surface area contributed by atoms with Gasteiger partial charge in [-0.3, -0.25) is 0 Å². The summed E-state index contributed by atoms with van der Waals surface area (Å²) in [5.74, 6) is 0. The van der Waals surface area contributed by atoms with Gasteiger partial charge >= 0.3 is 0 Å². The molecule has 0 aliphatic rings. The van der Waals surface area contributed by atoms with Gasteiger partial charge in [0, 0.05) is 10.8 Å². The zero-order chi connectivity index (χ0) is 34.5. The van der Waals surface area contributed by atoms with E-state index in [9.17, 15) is 0 Å². The standard InChI is InChI=1S/C48H80O/c1-3-5-7-9-11-13-15-17-19-21-23-25-27-29-31-33-37-43-41-42-47-48(45-39-35-36-40-46(45)49-47)44(43)38-34-32-30-28-26-24-22-20-18-16-14-12-10-8-6-4-2/h35-36,39-42H,3-34,37-38H2,1-2H3. The van der Waals surface area contributed by atoms with Crippen molar-refractivity contribution in [2.45, 2.75) is 232 Å². The zero-order valence-electron chi connectivity index (χ0n) is 32.9. The van der Waals surface area contributed by atoms with Crippen molar-refractivity contribution in [2.75, 3.05) is 0 Å². The van der Waals surface area contributed by atoms with Crippen LogP contribution in [0.4, 0.5) is 0 Å². The summed E-state index contributed by atoms with van der Waals surface area (Å²) in [5.41, 5.74) is 5.31. The molecule has 0 bridgehead atoms. The lowest BCUT2D eigenvalue weighted by Gasteiger charge is -2.12. The van der Waals surface area contributed by atoms with Gasteiger partial charge in [0.25, 0.3) is 0 Å². The van der Waals surface area contributed by atoms with Gasteiger partial charge in [-0.1, -0.05) is 231 Å². The molecule has 0 amide bonds. The first-order valence-corrected chi connectivity index (χ1v) is 22.3. The van der Waals surface area contributed by atoms with E-state index in [0.717, 1.165) is 11.2 Å². The molecule has 0 N–H and O–H groups in total. The number of unbranched alkanes of at least 4 members (excludes halogenated alkanes) is 30. The number of rotatable bonds is 34. The summed E-state index contributed by atoms with van der Waals surface area (Å²) in [6.45, 7) is 4.62. The Labute approximate surface area is 305 Å². The second-order valence-corrected chi connectivity index (χ2v) is 15.8. The van der Waals surface area contributed by atoms with Gasteiger partial charge in [-0.25, -0.2) is 0 Å². The monoisotopic (exact) mass is 673 g/mol. The highest BCUT2D eigenvalue weighted by Gasteiger charge is 2.14. The SMILES string of the molecule is CCCCCCCCCCCCCCCCCCc1ccc2oc3ccccc3c2c1CCCCCCCCCCCCCCCCCC. The highest BCUT2D eigenvalue weighted by molar-refractivity contribution is 6.07. The van der Waals surface area contributed by atoms with Crippen molar-refractivity contribution >= 4 is 21.9 Å². The third-order valence-electron chi connectivity index (χ3n) is 11.3. The van der Waals surface area contributed by atoms with Crippen LogP contribution in [0.2, 0.25) is 0 Å². The minimum Gasteiger partial charge on any atom is -0.456 e. The Bertz CT molecular complexity index is 1170. The molecule has 0 saturated heterocycles. The Morgan fingerprint density at radius 1 is 0.347 bits per heavy atom. The van der Waals surface area contributed by atoms with Crippen LogP contribution in [0.25, 0.3) is 21.9 Å². The van der Waals surface area contributed by atoms with Crippen molar-refractivity contribution in [3.63, 3.8) is 0 Å². The smallest absolute Gasteiger partial charge is 0.135 e. The van der Waals surface area contributed by atoms with Gasteiger partial charge in [-0.05, 0) is 48.9 Å². The number of benzene rings is 2. The van der Waals surface area contributed by atoms with Crippen molar-refractivity contribution in [1.29, 1.82) is 0 Å². The molecule has 49 heavy (non-hydrogen) atoms. The predicted octanol–water partition coefficient (Wildman–Crippen LogP) is 17.2. The van der Waals surface area contributed by atoms with E-state index >= 15 is 0 Å². The van der Waals surface area contributed by atoms with Crippen LogP contribution in [0.5, 0.6) is 0 Å². The fourth-order valence-electron chi connectivity index (χ4n) is 8.16. The molecule has 0 spiro atoms. The molecule has 1 heterocycles. The second kappa shape index (κ2) is 28.9. The summed E-state index contributed by atoms with van der Waals surface area (Å²) in [7, 11) is 0. The summed E-state index contributed by atoms with van der Waals surface area (Å²) in [6.07, 6.45) is 48.2. The number of furan rings is 1. The first-order chi connectivity index (χ1) is 24.3. The molecular formula is C48H80O. The number of hydrogen-bond donors (Lipinski definition) is 0. The van der Waals surface area contributed by atoms with Crippen LogP contribution in [0.15, 0.2) is 40.8 Å². The number of aryl methyl sites for hydroxylation is 2. The van der Waals surface area contributed by atoms with E-state index in [0.29, 0.717) is 0 Å². The van der Waals surface area contributed by atoms with E-state index in [1.807, 2.05) is 0 Å². The molecular weight excluding hydrogens is 593 g/mol. The van der Waals surface area contributed by atoms with E-state index in [2.05, 4.69) is 50.2 Å². The summed E-state index contributed by atoms with van der Waals surface area (Å²) in [4.78, 5) is 0. The van der Waals surface area contributed by atoms with Crippen LogP contribution in [0, 0.1) is 0 Å². The summed E-state index contributed by atoms with van der Waals surface area (Å²) >= 11 is 0. The van der Waals surface area contributed by atoms with Crippen molar-refractivity contribution in [3.8, 4) is 0 Å². The van der Waals surface area contributed by atoms with E-state index in [-0.39, 0.29) is 0 Å². The Kier molecular flexibility index (Phi) is 24.6. The Morgan fingerprint density at radius 3 is 1.14 bits per heavy atom. The third kappa shape index (κ3) is 18.3. The van der Waals surface area contributed by atoms with Crippen molar-refractivity contribution < 1.29 is 4.42 Å². The Balaban J connectivity index is 1.27. The molecule has 278 valence electrons. The molecule has 3 aromatic rings. The maximum Gasteiger partial charge on any atom is 0.135 e. The average Bonchev–Trinajstić information content (AvgIpc) is 3.50. The molecule has 0 fully saturated rings. The molecule has 1 nitrogen and oxygen atoms in total. The van der Waals surface area contributed by atoms with Crippen LogP contribution < -0.4 is 0 Å². The van der Waals surface area contributed by atoms with Crippen molar-refractivity contribution in [3.05, 3.63) is 47.5 Å². The quantitative estimate of drug-likeness (QED) is 0.0576. The minimum atomic E-state index is 1.05. The summed E-state index contributed by atoms with van der Waals surface area (Å²) in [6, 6.07) is 13.4. The van der Waals surface area contributed by atoms with Crippen LogP contribution in [0.3, 0.4) is 0 Å². The van der Waals surface area contributed by atoms with Gasteiger partial charge in [-0.2, -0.15) is 0 Å². The van der Waals surface area contributed by atoms with Gasteiger partial charge < -0.3 is 4.42 Å². The van der Waals surface area contributed by atoms with Gasteiger partial charge in [0.1, 0.15) is 11.2 Å². The van der Waals surface area contributed by atoms with Crippen LogP contribution in [0.1, 0.15) is 230 Å². The fourth-order valence-corrected chi connectivity index (χ4v) is 8.16. The lowest BCUT2D eigenvalue weighted by molar-refractivity contribution is 0.528. The lowest BCUT2D eigenvalue weighted by Crippen LogP contribution is -1.97. The molecule has 1 aromatic heterocycles. The van der Waals surface area contributed by atoms with E-state index in [1.54, 1.807) is 11.1 Å². The fraction of sp³-hybridized carbons (Fsp3) is 0.750. The Morgan fingerprint density at radius 2 is 0.714 bits per heavy atom. The van der Waals surface area contributed by atoms with Crippen LogP contribution in [-0.4, -0.2) is 0 Å². The second-order valence-electron chi connectivity index (χ2n) is 15.8. The number of hydrogen-bond acceptors (Lipinski definition) is 1. The summed E-state index contributed by atoms with van der Waals surface area (Å²) in [5, 5.41) is 2.73. The lowest BCUT2D eigenvalue weighted by atomic mass is 9.92. The van der Waals surface area contributed by atoms with E-state index in [1.165, 1.54) is 229 Å². The van der Waals surface area contributed by atoms with Gasteiger partial charge in [0.2, 0.25) is 0 Å². The maximum atomic E-state index is 6.32.